The third-order valence-corrected chi connectivity index (χ3v) is 2.59. The van der Waals surface area contributed by atoms with Crippen LogP contribution >= 0.6 is 12.4 Å². The Morgan fingerprint density at radius 3 is 2.42 bits per heavy atom. The molecule has 12 heavy (non-hydrogen) atoms. The van der Waals surface area contributed by atoms with Gasteiger partial charge in [-0.2, -0.15) is 0 Å². The lowest BCUT2D eigenvalue weighted by atomic mass is 10.2. The zero-order chi connectivity index (χ0) is 8.43. The molecule has 2 atom stereocenters. The van der Waals surface area contributed by atoms with E-state index in [4.69, 9.17) is 0 Å². The summed E-state index contributed by atoms with van der Waals surface area (Å²) in [6, 6.07) is 0.660. The summed E-state index contributed by atoms with van der Waals surface area (Å²) in [7, 11) is 3.71. The fourth-order valence-electron chi connectivity index (χ4n) is 1.60. The second kappa shape index (κ2) is 4.67. The number of halogens is 1. The number of amides is 1. The Balaban J connectivity index is 0.00000121. The predicted octanol–water partition coefficient (Wildman–Crippen LogP) is 0.637. The highest BCUT2D eigenvalue weighted by molar-refractivity contribution is 5.85. The summed E-state index contributed by atoms with van der Waals surface area (Å²) in [5, 5.41) is 2.68. The van der Waals surface area contributed by atoms with E-state index < -0.39 is 0 Å². The maximum absolute atomic E-state index is 11.2. The minimum atomic E-state index is 0. The molecule has 0 aromatic rings. The molecule has 1 aliphatic rings. The molecule has 1 heterocycles. The zero-order valence-corrected chi connectivity index (χ0v) is 8.65. The van der Waals surface area contributed by atoms with Crippen LogP contribution in [0.2, 0.25) is 0 Å². The van der Waals surface area contributed by atoms with E-state index >= 15 is 0 Å². The quantitative estimate of drug-likeness (QED) is 0.662. The van der Waals surface area contributed by atoms with Crippen molar-refractivity contribution in [1.82, 2.24) is 10.2 Å². The first kappa shape index (κ1) is 11.7. The first-order chi connectivity index (χ1) is 5.16. The molecule has 1 amide bonds. The van der Waals surface area contributed by atoms with Crippen molar-refractivity contribution in [3.05, 3.63) is 0 Å². The molecule has 0 radical (unpaired) electrons. The molecule has 1 rings (SSSR count). The van der Waals surface area contributed by atoms with Crippen LogP contribution in [0, 0.1) is 0 Å². The molecule has 0 aromatic carbocycles. The van der Waals surface area contributed by atoms with E-state index in [1.165, 1.54) is 0 Å². The molecule has 0 bridgehead atoms. The van der Waals surface area contributed by atoms with Crippen LogP contribution in [0.15, 0.2) is 0 Å². The smallest absolute Gasteiger partial charge is 0.237 e. The van der Waals surface area contributed by atoms with Gasteiger partial charge in [0.2, 0.25) is 5.91 Å². The number of rotatable bonds is 1. The summed E-state index contributed by atoms with van der Waals surface area (Å²) < 4.78 is 0. The normalized spacial score (nSPS) is 29.6. The Morgan fingerprint density at radius 2 is 2.08 bits per heavy atom. The van der Waals surface area contributed by atoms with Gasteiger partial charge in [0.1, 0.15) is 0 Å². The molecule has 1 fully saturated rings. The molecule has 1 N–H and O–H groups in total. The summed E-state index contributed by atoms with van der Waals surface area (Å²) in [6.07, 6.45) is 2.13. The van der Waals surface area contributed by atoms with E-state index in [0.717, 1.165) is 12.8 Å². The van der Waals surface area contributed by atoms with Gasteiger partial charge in [-0.25, -0.2) is 0 Å². The monoisotopic (exact) mass is 192 g/mol. The second-order valence-corrected chi connectivity index (χ2v) is 3.22. The molecule has 0 aliphatic carbocycles. The van der Waals surface area contributed by atoms with E-state index in [2.05, 4.69) is 17.1 Å². The standard InChI is InChI=1S/C8H16N2O.ClH/c1-6-4-5-7(10(6)3)8(11)9-2;/h6-7H,4-5H2,1-3H3,(H,9,11);1H/t6-,7-;/m0./s1. The lowest BCUT2D eigenvalue weighted by molar-refractivity contribution is -0.124. The van der Waals surface area contributed by atoms with Crippen molar-refractivity contribution in [2.75, 3.05) is 14.1 Å². The van der Waals surface area contributed by atoms with Gasteiger partial charge in [-0.15, -0.1) is 12.4 Å². The number of carbonyl (C=O) groups excluding carboxylic acids is 1. The highest BCUT2D eigenvalue weighted by Crippen LogP contribution is 2.21. The predicted molar refractivity (Wildman–Crippen MR) is 51.6 cm³/mol. The maximum atomic E-state index is 11.2. The SMILES string of the molecule is CNC(=O)[C@@H]1CC[C@H](C)N1C.Cl. The van der Waals surface area contributed by atoms with Crippen molar-refractivity contribution < 1.29 is 4.79 Å². The van der Waals surface area contributed by atoms with Crippen LogP contribution in [0.5, 0.6) is 0 Å². The van der Waals surface area contributed by atoms with E-state index in [-0.39, 0.29) is 24.4 Å². The van der Waals surface area contributed by atoms with Crippen molar-refractivity contribution in [3.8, 4) is 0 Å². The number of nitrogens with zero attached hydrogens (tertiary/aromatic N) is 1. The first-order valence-corrected chi connectivity index (χ1v) is 4.10. The number of likely N-dealkylation sites (tertiary alicyclic amines) is 1. The van der Waals surface area contributed by atoms with E-state index in [1.54, 1.807) is 7.05 Å². The van der Waals surface area contributed by atoms with Crippen LogP contribution in [0.4, 0.5) is 0 Å². The van der Waals surface area contributed by atoms with Gasteiger partial charge >= 0.3 is 0 Å². The Morgan fingerprint density at radius 1 is 1.50 bits per heavy atom. The lowest BCUT2D eigenvalue weighted by Gasteiger charge is -2.21. The van der Waals surface area contributed by atoms with Crippen molar-refractivity contribution in [3.63, 3.8) is 0 Å². The molecule has 0 saturated carbocycles. The molecule has 1 aliphatic heterocycles. The average molecular weight is 193 g/mol. The summed E-state index contributed by atoms with van der Waals surface area (Å²) in [6.45, 7) is 2.16. The fourth-order valence-corrected chi connectivity index (χ4v) is 1.60. The van der Waals surface area contributed by atoms with E-state index in [0.29, 0.717) is 6.04 Å². The van der Waals surface area contributed by atoms with Crippen molar-refractivity contribution in [2.24, 2.45) is 0 Å². The van der Waals surface area contributed by atoms with Crippen LogP contribution < -0.4 is 5.32 Å². The molecule has 0 aromatic heterocycles. The summed E-state index contributed by atoms with van der Waals surface area (Å²) in [5.74, 6) is 0.150. The van der Waals surface area contributed by atoms with Gasteiger partial charge in [0, 0.05) is 13.1 Å². The first-order valence-electron chi connectivity index (χ1n) is 4.10. The minimum absolute atomic E-state index is 0. The van der Waals surface area contributed by atoms with Gasteiger partial charge in [-0.3, -0.25) is 9.69 Å². The van der Waals surface area contributed by atoms with Gasteiger partial charge in [-0.1, -0.05) is 0 Å². The summed E-state index contributed by atoms with van der Waals surface area (Å²) >= 11 is 0. The van der Waals surface area contributed by atoms with Gasteiger partial charge < -0.3 is 5.32 Å². The van der Waals surface area contributed by atoms with Crippen LogP contribution in [0.3, 0.4) is 0 Å². The van der Waals surface area contributed by atoms with Crippen LogP contribution in [-0.2, 0) is 4.79 Å². The molecular formula is C8H17ClN2O. The van der Waals surface area contributed by atoms with Crippen molar-refractivity contribution in [2.45, 2.75) is 31.8 Å². The van der Waals surface area contributed by atoms with Crippen LogP contribution in [0.25, 0.3) is 0 Å². The highest BCUT2D eigenvalue weighted by Gasteiger charge is 2.31. The molecule has 0 unspecified atom stereocenters. The zero-order valence-electron chi connectivity index (χ0n) is 7.83. The Bertz CT molecular complexity index is 163. The summed E-state index contributed by atoms with van der Waals surface area (Å²) in [5.41, 5.74) is 0. The topological polar surface area (TPSA) is 32.3 Å². The number of hydrogen-bond acceptors (Lipinski definition) is 2. The molecular weight excluding hydrogens is 176 g/mol. The largest absolute Gasteiger partial charge is 0.358 e. The summed E-state index contributed by atoms with van der Waals surface area (Å²) in [4.78, 5) is 13.4. The highest BCUT2D eigenvalue weighted by atomic mass is 35.5. The number of hydrogen-bond donors (Lipinski definition) is 1. The fraction of sp³-hybridized carbons (Fsp3) is 0.875. The van der Waals surface area contributed by atoms with Gasteiger partial charge in [0.25, 0.3) is 0 Å². The third-order valence-electron chi connectivity index (χ3n) is 2.59. The number of carbonyl (C=O) groups is 1. The number of nitrogens with one attached hydrogen (secondary N) is 1. The maximum Gasteiger partial charge on any atom is 0.237 e. The van der Waals surface area contributed by atoms with Crippen LogP contribution in [-0.4, -0.2) is 37.0 Å². The van der Waals surface area contributed by atoms with Gasteiger partial charge in [0.05, 0.1) is 6.04 Å². The van der Waals surface area contributed by atoms with Crippen LogP contribution in [0.1, 0.15) is 19.8 Å². The minimum Gasteiger partial charge on any atom is -0.358 e. The van der Waals surface area contributed by atoms with E-state index in [9.17, 15) is 4.79 Å². The van der Waals surface area contributed by atoms with E-state index in [1.807, 2.05) is 7.05 Å². The second-order valence-electron chi connectivity index (χ2n) is 3.22. The molecule has 72 valence electrons. The Kier molecular flexibility index (Phi) is 4.57. The van der Waals surface area contributed by atoms with Crippen molar-refractivity contribution >= 4 is 18.3 Å². The third kappa shape index (κ3) is 2.11. The number of likely N-dealkylation sites (N-methyl/N-ethyl adjacent to an activating group) is 2. The molecule has 4 heteroatoms. The van der Waals surface area contributed by atoms with Gasteiger partial charge in [0.15, 0.2) is 0 Å². The molecule has 1 saturated heterocycles. The Hall–Kier alpha value is -0.280. The Labute approximate surface area is 79.9 Å². The molecule has 0 spiro atoms. The lowest BCUT2D eigenvalue weighted by Crippen LogP contribution is -2.41. The van der Waals surface area contributed by atoms with Gasteiger partial charge in [-0.05, 0) is 26.8 Å². The molecule has 3 nitrogen and oxygen atoms in total. The average Bonchev–Trinajstić information content (AvgIpc) is 2.32. The van der Waals surface area contributed by atoms with Crippen molar-refractivity contribution in [1.29, 1.82) is 0 Å².